The zero-order valence-corrected chi connectivity index (χ0v) is 16.4. The topological polar surface area (TPSA) is 144 Å². The molecular weight excluding hydrogens is 368 g/mol. The SMILES string of the molecule is CCOC(=O)C(C)n1c(Cc2ccc(C(=N)N)cc2)nc2cc(C(=N)N)ccc21. The summed E-state index contributed by atoms with van der Waals surface area (Å²) in [5.74, 6) is 0.324. The number of aromatic nitrogens is 2. The summed E-state index contributed by atoms with van der Waals surface area (Å²) in [6.45, 7) is 3.85. The molecule has 1 aromatic heterocycles. The first-order valence-corrected chi connectivity index (χ1v) is 9.27. The Morgan fingerprint density at radius 3 is 2.31 bits per heavy atom. The van der Waals surface area contributed by atoms with Crippen molar-refractivity contribution in [3.63, 3.8) is 0 Å². The van der Waals surface area contributed by atoms with Gasteiger partial charge in [0, 0.05) is 17.5 Å². The molecule has 1 heterocycles. The van der Waals surface area contributed by atoms with Crippen LogP contribution in [0.5, 0.6) is 0 Å². The fraction of sp³-hybridized carbons (Fsp3) is 0.238. The van der Waals surface area contributed by atoms with Gasteiger partial charge in [0.05, 0.1) is 17.6 Å². The van der Waals surface area contributed by atoms with E-state index in [0.717, 1.165) is 11.1 Å². The van der Waals surface area contributed by atoms with E-state index < -0.39 is 6.04 Å². The molecule has 8 heteroatoms. The number of hydrogen-bond acceptors (Lipinski definition) is 5. The van der Waals surface area contributed by atoms with E-state index in [2.05, 4.69) is 0 Å². The zero-order chi connectivity index (χ0) is 21.1. The minimum atomic E-state index is -0.561. The van der Waals surface area contributed by atoms with Gasteiger partial charge in [0.2, 0.25) is 0 Å². The summed E-state index contributed by atoms with van der Waals surface area (Å²) in [4.78, 5) is 17.1. The fourth-order valence-corrected chi connectivity index (χ4v) is 3.23. The van der Waals surface area contributed by atoms with Gasteiger partial charge in [-0.05, 0) is 37.6 Å². The summed E-state index contributed by atoms with van der Waals surface area (Å²) in [7, 11) is 0. The van der Waals surface area contributed by atoms with Gasteiger partial charge in [0.1, 0.15) is 23.5 Å². The molecule has 2 aromatic carbocycles. The molecule has 29 heavy (non-hydrogen) atoms. The largest absolute Gasteiger partial charge is 0.464 e. The third-order valence-corrected chi connectivity index (χ3v) is 4.72. The zero-order valence-electron chi connectivity index (χ0n) is 16.4. The summed E-state index contributed by atoms with van der Waals surface area (Å²) in [5.41, 5.74) is 14.7. The van der Waals surface area contributed by atoms with Gasteiger partial charge in [0.25, 0.3) is 0 Å². The number of carbonyl (C=O) groups excluding carboxylic acids is 1. The summed E-state index contributed by atoms with van der Waals surface area (Å²) >= 11 is 0. The van der Waals surface area contributed by atoms with Crippen molar-refractivity contribution >= 4 is 28.7 Å². The maximum Gasteiger partial charge on any atom is 0.328 e. The van der Waals surface area contributed by atoms with E-state index in [4.69, 9.17) is 32.0 Å². The van der Waals surface area contributed by atoms with Crippen LogP contribution in [-0.2, 0) is 16.0 Å². The lowest BCUT2D eigenvalue weighted by molar-refractivity contribution is -0.146. The number of amidine groups is 2. The van der Waals surface area contributed by atoms with E-state index in [-0.39, 0.29) is 17.6 Å². The first-order valence-electron chi connectivity index (χ1n) is 9.27. The third kappa shape index (κ3) is 4.11. The number of carbonyl (C=O) groups is 1. The van der Waals surface area contributed by atoms with Crippen LogP contribution in [0.25, 0.3) is 11.0 Å². The van der Waals surface area contributed by atoms with Crippen LogP contribution in [0.4, 0.5) is 0 Å². The van der Waals surface area contributed by atoms with Crippen molar-refractivity contribution in [3.05, 3.63) is 65.0 Å². The maximum absolute atomic E-state index is 12.4. The number of ether oxygens (including phenoxy) is 1. The van der Waals surface area contributed by atoms with Gasteiger partial charge in [-0.25, -0.2) is 9.78 Å². The first kappa shape index (κ1) is 20.1. The van der Waals surface area contributed by atoms with Gasteiger partial charge in [-0.3, -0.25) is 10.8 Å². The molecular formula is C21H24N6O2. The van der Waals surface area contributed by atoms with Crippen molar-refractivity contribution in [2.45, 2.75) is 26.3 Å². The van der Waals surface area contributed by atoms with Gasteiger partial charge in [0.15, 0.2) is 0 Å². The Balaban J connectivity index is 2.07. The molecule has 0 saturated carbocycles. The summed E-state index contributed by atoms with van der Waals surface area (Å²) in [6, 6.07) is 12.1. The molecule has 3 aromatic rings. The Hall–Kier alpha value is -3.68. The maximum atomic E-state index is 12.4. The van der Waals surface area contributed by atoms with Crippen LogP contribution in [0.15, 0.2) is 42.5 Å². The third-order valence-electron chi connectivity index (χ3n) is 4.72. The molecule has 0 aliphatic rings. The number of hydrogen-bond donors (Lipinski definition) is 4. The van der Waals surface area contributed by atoms with E-state index >= 15 is 0 Å². The van der Waals surface area contributed by atoms with Crippen molar-refractivity contribution in [3.8, 4) is 0 Å². The molecule has 0 radical (unpaired) electrons. The number of rotatable bonds is 7. The van der Waals surface area contributed by atoms with Crippen molar-refractivity contribution in [1.29, 1.82) is 10.8 Å². The second-order valence-electron chi connectivity index (χ2n) is 6.73. The molecule has 0 aliphatic heterocycles. The monoisotopic (exact) mass is 392 g/mol. The molecule has 0 aliphatic carbocycles. The smallest absolute Gasteiger partial charge is 0.328 e. The second-order valence-corrected chi connectivity index (χ2v) is 6.73. The van der Waals surface area contributed by atoms with Crippen LogP contribution in [0.1, 0.15) is 42.4 Å². The molecule has 0 amide bonds. The molecule has 6 N–H and O–H groups in total. The average Bonchev–Trinajstić information content (AvgIpc) is 3.04. The highest BCUT2D eigenvalue weighted by molar-refractivity contribution is 5.98. The molecule has 1 unspecified atom stereocenters. The molecule has 150 valence electrons. The van der Waals surface area contributed by atoms with Crippen molar-refractivity contribution in [1.82, 2.24) is 9.55 Å². The van der Waals surface area contributed by atoms with Crippen LogP contribution >= 0.6 is 0 Å². The minimum absolute atomic E-state index is 0.0106. The summed E-state index contributed by atoms with van der Waals surface area (Å²) < 4.78 is 7.06. The molecule has 0 saturated heterocycles. The number of nitrogen functional groups attached to an aromatic ring is 2. The van der Waals surface area contributed by atoms with Crippen LogP contribution < -0.4 is 11.5 Å². The minimum Gasteiger partial charge on any atom is -0.464 e. The van der Waals surface area contributed by atoms with Gasteiger partial charge in [-0.2, -0.15) is 0 Å². The highest BCUT2D eigenvalue weighted by Crippen LogP contribution is 2.25. The van der Waals surface area contributed by atoms with Crippen LogP contribution in [-0.4, -0.2) is 33.8 Å². The average molecular weight is 392 g/mol. The number of benzene rings is 2. The van der Waals surface area contributed by atoms with E-state index in [0.29, 0.717) is 35.5 Å². The van der Waals surface area contributed by atoms with E-state index in [1.54, 1.807) is 38.1 Å². The molecule has 8 nitrogen and oxygen atoms in total. The van der Waals surface area contributed by atoms with Crippen LogP contribution in [0.3, 0.4) is 0 Å². The van der Waals surface area contributed by atoms with Gasteiger partial charge in [-0.15, -0.1) is 0 Å². The Kier molecular flexibility index (Phi) is 5.63. The normalized spacial score (nSPS) is 11.9. The molecule has 0 fully saturated rings. The Morgan fingerprint density at radius 2 is 1.72 bits per heavy atom. The van der Waals surface area contributed by atoms with Crippen LogP contribution in [0.2, 0.25) is 0 Å². The summed E-state index contributed by atoms with van der Waals surface area (Å²) in [6.07, 6.45) is 0.478. The number of nitrogens with one attached hydrogen (secondary N) is 2. The Bertz CT molecular complexity index is 1080. The molecule has 1 atom stereocenters. The number of nitrogens with zero attached hydrogens (tertiary/aromatic N) is 2. The van der Waals surface area contributed by atoms with Gasteiger partial charge >= 0.3 is 5.97 Å². The summed E-state index contributed by atoms with van der Waals surface area (Å²) in [5, 5.41) is 15.2. The van der Waals surface area contributed by atoms with E-state index in [1.807, 2.05) is 22.8 Å². The lowest BCUT2D eigenvalue weighted by atomic mass is 10.1. The highest BCUT2D eigenvalue weighted by Gasteiger charge is 2.23. The lowest BCUT2D eigenvalue weighted by Crippen LogP contribution is -2.21. The van der Waals surface area contributed by atoms with Gasteiger partial charge in [-0.1, -0.05) is 24.3 Å². The number of nitrogens with two attached hydrogens (primary N) is 2. The Labute approximate surface area is 168 Å². The number of imidazole rings is 1. The molecule has 0 bridgehead atoms. The van der Waals surface area contributed by atoms with E-state index in [9.17, 15) is 4.79 Å². The van der Waals surface area contributed by atoms with Crippen LogP contribution in [0, 0.1) is 10.8 Å². The predicted octanol–water partition coefficient (Wildman–Crippen LogP) is 2.32. The predicted molar refractivity (Wildman–Crippen MR) is 112 cm³/mol. The number of fused-ring (bicyclic) bond motifs is 1. The number of esters is 1. The quantitative estimate of drug-likeness (QED) is 0.277. The molecule has 3 rings (SSSR count). The second kappa shape index (κ2) is 8.14. The van der Waals surface area contributed by atoms with Crippen molar-refractivity contribution < 1.29 is 9.53 Å². The Morgan fingerprint density at radius 1 is 1.10 bits per heavy atom. The van der Waals surface area contributed by atoms with Gasteiger partial charge < -0.3 is 20.8 Å². The lowest BCUT2D eigenvalue weighted by Gasteiger charge is -2.16. The van der Waals surface area contributed by atoms with E-state index in [1.165, 1.54) is 0 Å². The molecule has 0 spiro atoms. The fourth-order valence-electron chi connectivity index (χ4n) is 3.23. The standard InChI is InChI=1S/C21H24N6O2/c1-3-29-21(28)12(2)27-17-9-8-15(20(24)25)11-16(17)26-18(27)10-13-4-6-14(7-5-13)19(22)23/h4-9,11-12H,3,10H2,1-2H3,(H3,22,23)(H3,24,25). The highest BCUT2D eigenvalue weighted by atomic mass is 16.5. The van der Waals surface area contributed by atoms with Crippen molar-refractivity contribution in [2.24, 2.45) is 11.5 Å². The first-order chi connectivity index (χ1) is 13.8. The van der Waals surface area contributed by atoms with Crippen molar-refractivity contribution in [2.75, 3.05) is 6.61 Å².